The van der Waals surface area contributed by atoms with Crippen LogP contribution in [0.4, 0.5) is 5.69 Å². The number of ketones is 1. The molecule has 47 heavy (non-hydrogen) atoms. The lowest BCUT2D eigenvalue weighted by Gasteiger charge is -2.30. The van der Waals surface area contributed by atoms with Crippen molar-refractivity contribution in [1.29, 1.82) is 0 Å². The number of benzene rings is 4. The fourth-order valence-electron chi connectivity index (χ4n) is 6.61. The number of carboxylic acid groups (broad SMARTS) is 1. The molecular weight excluding hydrogens is 590 g/mol. The molecule has 1 fully saturated rings. The van der Waals surface area contributed by atoms with Crippen LogP contribution in [-0.2, 0) is 9.59 Å². The lowest BCUT2D eigenvalue weighted by Crippen LogP contribution is -2.40. The number of aromatic nitrogens is 1. The Morgan fingerprint density at radius 2 is 1.45 bits per heavy atom. The van der Waals surface area contributed by atoms with E-state index in [1.54, 1.807) is 47.4 Å². The number of allylic oxidation sites excluding steroid dienone is 1. The van der Waals surface area contributed by atoms with E-state index in [4.69, 9.17) is 4.98 Å². The Bertz CT molecular complexity index is 2110. The maximum absolute atomic E-state index is 13.7. The van der Waals surface area contributed by atoms with Crippen molar-refractivity contribution in [3.05, 3.63) is 126 Å². The van der Waals surface area contributed by atoms with Gasteiger partial charge in [0.2, 0.25) is 11.7 Å². The van der Waals surface area contributed by atoms with Crippen LogP contribution >= 0.6 is 0 Å². The highest BCUT2D eigenvalue weighted by molar-refractivity contribution is 6.26. The molecule has 3 heterocycles. The summed E-state index contributed by atoms with van der Waals surface area (Å²) in [6.45, 7) is 2.19. The van der Waals surface area contributed by atoms with Gasteiger partial charge in [0.15, 0.2) is 0 Å². The topological polar surface area (TPSA) is 108 Å². The molecule has 1 aromatic heterocycles. The summed E-state index contributed by atoms with van der Waals surface area (Å²) in [5.41, 5.74) is 6.57. The number of para-hydroxylation sites is 1. The van der Waals surface area contributed by atoms with Crippen molar-refractivity contribution in [1.82, 2.24) is 9.88 Å². The average Bonchev–Trinajstić information content (AvgIpc) is 3.38. The molecule has 0 saturated carbocycles. The Labute approximate surface area is 271 Å². The summed E-state index contributed by atoms with van der Waals surface area (Å²) in [4.78, 5) is 59.5. The van der Waals surface area contributed by atoms with Gasteiger partial charge in [-0.25, -0.2) is 4.98 Å². The Morgan fingerprint density at radius 3 is 2.15 bits per heavy atom. The third-order valence-electron chi connectivity index (χ3n) is 8.97. The maximum Gasteiger partial charge on any atom is 0.306 e. The summed E-state index contributed by atoms with van der Waals surface area (Å²) < 4.78 is 0. The van der Waals surface area contributed by atoms with Gasteiger partial charge in [0.05, 0.1) is 28.5 Å². The summed E-state index contributed by atoms with van der Waals surface area (Å²) in [7, 11) is 0. The first kappa shape index (κ1) is 29.8. The number of anilines is 1. The van der Waals surface area contributed by atoms with Crippen LogP contribution in [0.15, 0.2) is 109 Å². The molecule has 2 amide bonds. The fraction of sp³-hybridized carbons (Fsp3) is 0.154. The van der Waals surface area contributed by atoms with Crippen molar-refractivity contribution in [2.24, 2.45) is 5.92 Å². The maximum atomic E-state index is 13.7. The molecular formula is C39H31N3O5. The van der Waals surface area contributed by atoms with Crippen molar-refractivity contribution < 1.29 is 24.3 Å². The number of amides is 2. The van der Waals surface area contributed by atoms with Gasteiger partial charge >= 0.3 is 5.97 Å². The lowest BCUT2D eigenvalue weighted by molar-refractivity contribution is -0.143. The zero-order chi connectivity index (χ0) is 32.7. The molecule has 0 atom stereocenters. The zero-order valence-electron chi connectivity index (χ0n) is 25.7. The summed E-state index contributed by atoms with van der Waals surface area (Å²) in [5.74, 6) is -1.95. The van der Waals surface area contributed by atoms with E-state index in [2.05, 4.69) is 0 Å². The lowest BCUT2D eigenvalue weighted by atomic mass is 9.91. The van der Waals surface area contributed by atoms with E-state index < -0.39 is 11.9 Å². The summed E-state index contributed by atoms with van der Waals surface area (Å²) in [6, 6.07) is 32.4. The molecule has 2 aliphatic heterocycles. The van der Waals surface area contributed by atoms with E-state index in [1.165, 1.54) is 11.8 Å². The third kappa shape index (κ3) is 5.48. The van der Waals surface area contributed by atoms with E-state index in [0.29, 0.717) is 54.0 Å². The number of fused-ring (bicyclic) bond motifs is 2. The number of Topliss-reactive ketones (excluding diaryl/α,β-unsaturated/α-hetero) is 1. The van der Waals surface area contributed by atoms with Crippen LogP contribution in [0.1, 0.15) is 46.2 Å². The van der Waals surface area contributed by atoms with Crippen LogP contribution in [0.25, 0.3) is 39.2 Å². The van der Waals surface area contributed by atoms with Crippen LogP contribution in [-0.4, -0.2) is 51.6 Å². The molecule has 1 N–H and O–H groups in total. The molecule has 0 aliphatic carbocycles. The van der Waals surface area contributed by atoms with Gasteiger partial charge in [-0.15, -0.1) is 0 Å². The van der Waals surface area contributed by atoms with E-state index in [9.17, 15) is 24.3 Å². The number of carbonyl (C=O) groups is 4. The second-order valence-electron chi connectivity index (χ2n) is 11.9. The molecule has 0 spiro atoms. The average molecular weight is 622 g/mol. The number of likely N-dealkylation sites (tertiary alicyclic amines) is 1. The third-order valence-corrected chi connectivity index (χ3v) is 8.97. The van der Waals surface area contributed by atoms with Gasteiger partial charge in [0.1, 0.15) is 0 Å². The van der Waals surface area contributed by atoms with Crippen LogP contribution in [0.5, 0.6) is 0 Å². The molecule has 7 rings (SSSR count). The monoisotopic (exact) mass is 621 g/mol. The molecule has 4 aromatic carbocycles. The number of aliphatic carboxylic acids is 1. The van der Waals surface area contributed by atoms with E-state index in [0.717, 1.165) is 27.6 Å². The minimum absolute atomic E-state index is 0.157. The van der Waals surface area contributed by atoms with Gasteiger partial charge in [-0.05, 0) is 77.6 Å². The van der Waals surface area contributed by atoms with Crippen LogP contribution in [0, 0.1) is 5.92 Å². The quantitative estimate of drug-likeness (QED) is 0.210. The Hall–Kier alpha value is -5.89. The number of carboxylic acids is 1. The standard InChI is InChI=1S/C39H31N3O5/c1-24(43)42-35-14-8-7-13-31(35)37(44)36(42)23-28-22-32(30-12-6-5-11-29(30)25-9-3-2-4-10-25)33-21-27(15-16-34(33)40-28)38(45)41-19-17-26(18-20-41)39(46)47/h2-16,21-23,26H,17-20H2,1H3,(H,46,47)/b36-23-. The summed E-state index contributed by atoms with van der Waals surface area (Å²) >= 11 is 0. The van der Waals surface area contributed by atoms with Gasteiger partial charge in [-0.3, -0.25) is 24.1 Å². The van der Waals surface area contributed by atoms with Crippen molar-refractivity contribution >= 4 is 46.2 Å². The van der Waals surface area contributed by atoms with E-state index in [-0.39, 0.29) is 23.3 Å². The number of pyridine rings is 1. The number of rotatable bonds is 5. The van der Waals surface area contributed by atoms with E-state index >= 15 is 0 Å². The first-order valence-corrected chi connectivity index (χ1v) is 15.6. The Balaban J connectivity index is 1.38. The highest BCUT2D eigenvalue weighted by Crippen LogP contribution is 2.39. The smallest absolute Gasteiger partial charge is 0.306 e. The highest BCUT2D eigenvalue weighted by Gasteiger charge is 2.34. The summed E-state index contributed by atoms with van der Waals surface area (Å²) in [6.07, 6.45) is 2.50. The van der Waals surface area contributed by atoms with Crippen molar-refractivity contribution in [3.63, 3.8) is 0 Å². The molecule has 0 bridgehead atoms. The zero-order valence-corrected chi connectivity index (χ0v) is 25.7. The molecule has 5 aromatic rings. The van der Waals surface area contributed by atoms with Crippen molar-refractivity contribution in [3.8, 4) is 22.3 Å². The van der Waals surface area contributed by atoms with Gasteiger partial charge < -0.3 is 10.0 Å². The molecule has 0 radical (unpaired) electrons. The number of hydrogen-bond donors (Lipinski definition) is 1. The van der Waals surface area contributed by atoms with Gasteiger partial charge in [0, 0.05) is 36.5 Å². The number of hydrogen-bond acceptors (Lipinski definition) is 5. The van der Waals surface area contributed by atoms with Gasteiger partial charge in [-0.2, -0.15) is 0 Å². The minimum Gasteiger partial charge on any atom is -0.481 e. The van der Waals surface area contributed by atoms with E-state index in [1.807, 2.05) is 66.7 Å². The minimum atomic E-state index is -0.823. The first-order valence-electron chi connectivity index (χ1n) is 15.6. The predicted molar refractivity (Wildman–Crippen MR) is 181 cm³/mol. The number of carbonyl (C=O) groups excluding carboxylic acids is 3. The summed E-state index contributed by atoms with van der Waals surface area (Å²) in [5, 5.41) is 10.2. The SMILES string of the molecule is CC(=O)N1/C(=C\c2cc(-c3ccccc3-c3ccccc3)c3cc(C(=O)N4CCC(C(=O)O)CC4)ccc3n2)C(=O)c2ccccc21. The predicted octanol–water partition coefficient (Wildman–Crippen LogP) is 7.10. The molecule has 8 heteroatoms. The fourth-order valence-corrected chi connectivity index (χ4v) is 6.61. The highest BCUT2D eigenvalue weighted by atomic mass is 16.4. The van der Waals surface area contributed by atoms with Crippen LogP contribution in [0.3, 0.4) is 0 Å². The largest absolute Gasteiger partial charge is 0.481 e. The second-order valence-corrected chi connectivity index (χ2v) is 11.9. The van der Waals surface area contributed by atoms with Crippen LogP contribution in [0.2, 0.25) is 0 Å². The Morgan fingerprint density at radius 1 is 0.787 bits per heavy atom. The molecule has 232 valence electrons. The molecule has 1 saturated heterocycles. The number of piperidine rings is 1. The number of nitrogens with zero attached hydrogens (tertiary/aromatic N) is 3. The van der Waals surface area contributed by atoms with Gasteiger partial charge in [-0.1, -0.05) is 66.7 Å². The second kappa shape index (κ2) is 12.1. The molecule has 0 unspecified atom stereocenters. The van der Waals surface area contributed by atoms with Crippen LogP contribution < -0.4 is 4.90 Å². The van der Waals surface area contributed by atoms with Crippen molar-refractivity contribution in [2.75, 3.05) is 18.0 Å². The first-order chi connectivity index (χ1) is 22.8. The normalized spacial score (nSPS) is 15.7. The van der Waals surface area contributed by atoms with Crippen molar-refractivity contribution in [2.45, 2.75) is 19.8 Å². The molecule has 2 aliphatic rings. The van der Waals surface area contributed by atoms with Gasteiger partial charge in [0.25, 0.3) is 5.91 Å². The Kier molecular flexibility index (Phi) is 7.69. The molecule has 8 nitrogen and oxygen atoms in total.